The van der Waals surface area contributed by atoms with Crippen molar-refractivity contribution >= 4 is 21.4 Å². The van der Waals surface area contributed by atoms with E-state index in [1.54, 1.807) is 0 Å². The number of carbonyl (C=O) groups is 1. The Labute approximate surface area is 113 Å². The van der Waals surface area contributed by atoms with Crippen molar-refractivity contribution in [3.8, 4) is 0 Å². The maximum Gasteiger partial charge on any atom is 0.235 e. The second kappa shape index (κ2) is 5.61. The van der Waals surface area contributed by atoms with E-state index in [9.17, 15) is 13.2 Å². The monoisotopic (exact) mass is 282 g/mol. The summed E-state index contributed by atoms with van der Waals surface area (Å²) in [5.41, 5.74) is 3.33. The standard InChI is InChI=1S/C13H18N2O3S/c1-19(17,18)9-12(16)15-8-11-5-2-4-10-6-3-7-14-13(10)11/h2,4-5,14H,3,6-9H2,1H3,(H,15,16). The summed E-state index contributed by atoms with van der Waals surface area (Å²) in [6, 6.07) is 5.98. The average Bonchev–Trinajstić information content (AvgIpc) is 2.34. The van der Waals surface area contributed by atoms with Crippen LogP contribution in [-0.2, 0) is 27.6 Å². The van der Waals surface area contributed by atoms with E-state index in [0.717, 1.165) is 36.9 Å². The van der Waals surface area contributed by atoms with Crippen molar-refractivity contribution in [2.24, 2.45) is 0 Å². The number of anilines is 1. The summed E-state index contributed by atoms with van der Waals surface area (Å²) >= 11 is 0. The lowest BCUT2D eigenvalue weighted by Gasteiger charge is -2.21. The minimum Gasteiger partial charge on any atom is -0.385 e. The van der Waals surface area contributed by atoms with Gasteiger partial charge in [0, 0.05) is 25.0 Å². The van der Waals surface area contributed by atoms with Gasteiger partial charge < -0.3 is 10.6 Å². The number of hydrogen-bond acceptors (Lipinski definition) is 4. The highest BCUT2D eigenvalue weighted by atomic mass is 32.2. The Morgan fingerprint density at radius 1 is 1.42 bits per heavy atom. The molecule has 104 valence electrons. The van der Waals surface area contributed by atoms with Crippen molar-refractivity contribution in [3.63, 3.8) is 0 Å². The first-order valence-corrected chi connectivity index (χ1v) is 8.31. The molecule has 1 aromatic rings. The van der Waals surface area contributed by atoms with Gasteiger partial charge in [0.25, 0.3) is 0 Å². The Morgan fingerprint density at radius 3 is 2.95 bits per heavy atom. The molecule has 0 radical (unpaired) electrons. The van der Waals surface area contributed by atoms with Gasteiger partial charge in [-0.3, -0.25) is 4.79 Å². The molecule has 1 amide bonds. The molecule has 1 aromatic carbocycles. The molecular formula is C13H18N2O3S. The van der Waals surface area contributed by atoms with Crippen LogP contribution < -0.4 is 10.6 Å². The fourth-order valence-electron chi connectivity index (χ4n) is 2.21. The third-order valence-corrected chi connectivity index (χ3v) is 3.82. The van der Waals surface area contributed by atoms with Crippen LogP contribution in [0, 0.1) is 0 Å². The molecule has 1 heterocycles. The number of carbonyl (C=O) groups excluding carboxylic acids is 1. The summed E-state index contributed by atoms with van der Waals surface area (Å²) in [6.07, 6.45) is 3.20. The number of rotatable bonds is 4. The SMILES string of the molecule is CS(=O)(=O)CC(=O)NCc1cccc2c1NCCC2. The molecule has 2 rings (SSSR count). The summed E-state index contributed by atoms with van der Waals surface area (Å²) in [7, 11) is -3.27. The lowest BCUT2D eigenvalue weighted by atomic mass is 9.99. The Hall–Kier alpha value is -1.56. The number of hydrogen-bond donors (Lipinski definition) is 2. The van der Waals surface area contributed by atoms with Crippen molar-refractivity contribution in [1.82, 2.24) is 5.32 Å². The average molecular weight is 282 g/mol. The van der Waals surface area contributed by atoms with Crippen molar-refractivity contribution < 1.29 is 13.2 Å². The van der Waals surface area contributed by atoms with Gasteiger partial charge in [0.15, 0.2) is 9.84 Å². The summed E-state index contributed by atoms with van der Waals surface area (Å²) in [6.45, 7) is 1.28. The van der Waals surface area contributed by atoms with Crippen LogP contribution in [0.15, 0.2) is 18.2 Å². The molecule has 0 fully saturated rings. The molecule has 0 saturated carbocycles. The highest BCUT2D eigenvalue weighted by Crippen LogP contribution is 2.25. The Kier molecular flexibility index (Phi) is 4.09. The van der Waals surface area contributed by atoms with Gasteiger partial charge in [0.2, 0.25) is 5.91 Å². The third kappa shape index (κ3) is 3.96. The van der Waals surface area contributed by atoms with E-state index in [2.05, 4.69) is 16.7 Å². The van der Waals surface area contributed by atoms with Crippen LogP contribution in [0.2, 0.25) is 0 Å². The van der Waals surface area contributed by atoms with Crippen LogP contribution in [0.25, 0.3) is 0 Å². The van der Waals surface area contributed by atoms with Crippen molar-refractivity contribution in [1.29, 1.82) is 0 Å². The Bertz CT molecular complexity index is 582. The van der Waals surface area contributed by atoms with Crippen LogP contribution in [0.4, 0.5) is 5.69 Å². The fraction of sp³-hybridized carbons (Fsp3) is 0.462. The normalized spacial score (nSPS) is 14.4. The molecule has 0 aromatic heterocycles. The summed E-state index contributed by atoms with van der Waals surface area (Å²) < 4.78 is 22.0. The van der Waals surface area contributed by atoms with Gasteiger partial charge in [-0.05, 0) is 24.0 Å². The van der Waals surface area contributed by atoms with Crippen LogP contribution in [-0.4, -0.2) is 32.9 Å². The molecule has 2 N–H and O–H groups in total. The van der Waals surface area contributed by atoms with E-state index in [4.69, 9.17) is 0 Å². The van der Waals surface area contributed by atoms with Gasteiger partial charge in [-0.1, -0.05) is 18.2 Å². The second-order valence-electron chi connectivity index (χ2n) is 4.83. The van der Waals surface area contributed by atoms with Crippen LogP contribution in [0.1, 0.15) is 17.5 Å². The molecule has 5 nitrogen and oxygen atoms in total. The van der Waals surface area contributed by atoms with Crippen molar-refractivity contribution in [2.45, 2.75) is 19.4 Å². The van der Waals surface area contributed by atoms with Gasteiger partial charge >= 0.3 is 0 Å². The molecule has 0 aliphatic carbocycles. The third-order valence-electron chi connectivity index (χ3n) is 3.03. The van der Waals surface area contributed by atoms with Gasteiger partial charge in [-0.2, -0.15) is 0 Å². The smallest absolute Gasteiger partial charge is 0.235 e. The highest BCUT2D eigenvalue weighted by molar-refractivity contribution is 7.91. The molecule has 1 aliphatic rings. The van der Waals surface area contributed by atoms with Gasteiger partial charge in [0.05, 0.1) is 0 Å². The zero-order valence-electron chi connectivity index (χ0n) is 10.9. The van der Waals surface area contributed by atoms with Crippen LogP contribution >= 0.6 is 0 Å². The Balaban J connectivity index is 2.02. The quantitative estimate of drug-likeness (QED) is 0.852. The lowest BCUT2D eigenvalue weighted by molar-refractivity contribution is -0.118. The molecule has 1 aliphatic heterocycles. The molecular weight excluding hydrogens is 264 g/mol. The van der Waals surface area contributed by atoms with Crippen LogP contribution in [0.3, 0.4) is 0 Å². The number of sulfone groups is 1. The predicted octanol–water partition coefficient (Wildman–Crippen LogP) is 0.705. The van der Waals surface area contributed by atoms with Crippen LogP contribution in [0.5, 0.6) is 0 Å². The van der Waals surface area contributed by atoms with Gasteiger partial charge in [-0.15, -0.1) is 0 Å². The van der Waals surface area contributed by atoms with E-state index >= 15 is 0 Å². The van der Waals surface area contributed by atoms with Gasteiger partial charge in [0.1, 0.15) is 5.75 Å². The predicted molar refractivity (Wildman–Crippen MR) is 74.8 cm³/mol. The summed E-state index contributed by atoms with van der Waals surface area (Å²) in [4.78, 5) is 11.5. The second-order valence-corrected chi connectivity index (χ2v) is 6.97. The van der Waals surface area contributed by atoms with E-state index in [1.165, 1.54) is 5.56 Å². The first-order valence-electron chi connectivity index (χ1n) is 6.25. The zero-order valence-corrected chi connectivity index (χ0v) is 11.7. The topological polar surface area (TPSA) is 75.3 Å². The van der Waals surface area contributed by atoms with Crippen molar-refractivity contribution in [2.75, 3.05) is 23.9 Å². The maximum absolute atomic E-state index is 11.5. The minimum atomic E-state index is -3.27. The first-order chi connectivity index (χ1) is 8.96. The molecule has 0 bridgehead atoms. The molecule has 0 unspecified atom stereocenters. The molecule has 0 saturated heterocycles. The molecule has 0 atom stereocenters. The number of benzene rings is 1. The van der Waals surface area contributed by atoms with Crippen molar-refractivity contribution in [3.05, 3.63) is 29.3 Å². The summed E-state index contributed by atoms with van der Waals surface area (Å²) in [5, 5.41) is 5.98. The minimum absolute atomic E-state index is 0.352. The molecule has 19 heavy (non-hydrogen) atoms. The largest absolute Gasteiger partial charge is 0.385 e. The highest BCUT2D eigenvalue weighted by Gasteiger charge is 2.14. The number of para-hydroxylation sites is 1. The molecule has 6 heteroatoms. The Morgan fingerprint density at radius 2 is 2.21 bits per heavy atom. The maximum atomic E-state index is 11.5. The number of nitrogens with one attached hydrogen (secondary N) is 2. The summed E-state index contributed by atoms with van der Waals surface area (Å²) in [5.74, 6) is -0.925. The zero-order chi connectivity index (χ0) is 13.9. The molecule has 0 spiro atoms. The number of aryl methyl sites for hydroxylation is 1. The number of fused-ring (bicyclic) bond motifs is 1. The van der Waals surface area contributed by atoms with Gasteiger partial charge in [-0.25, -0.2) is 8.42 Å². The van der Waals surface area contributed by atoms with E-state index in [0.29, 0.717) is 6.54 Å². The van der Waals surface area contributed by atoms with E-state index < -0.39 is 21.5 Å². The van der Waals surface area contributed by atoms with E-state index in [1.807, 2.05) is 12.1 Å². The first kappa shape index (κ1) is 13.9. The lowest BCUT2D eigenvalue weighted by Crippen LogP contribution is -2.30. The fourth-order valence-corrected chi connectivity index (χ4v) is 2.79. The van der Waals surface area contributed by atoms with E-state index in [-0.39, 0.29) is 0 Å². The number of amides is 1.